The van der Waals surface area contributed by atoms with Crippen LogP contribution in [0.3, 0.4) is 0 Å². The first kappa shape index (κ1) is 20.9. The minimum atomic E-state index is -0.942. The van der Waals surface area contributed by atoms with Crippen LogP contribution in [0.2, 0.25) is 0 Å². The second kappa shape index (κ2) is 9.61. The standard InChI is InChI=1S/C22H18BrNO3.C2H6/c23-18-11-4-9-16-17(21(22(25)26)24-20(16)18)10-5-13-27-19-12-3-7-14-6-1-2-8-15(14)19;1-2/h1-4,6-9,11-12,24H,5,10,13H2,(H,25,26);1-2H3. The molecule has 0 atom stereocenters. The van der Waals surface area contributed by atoms with E-state index in [4.69, 9.17) is 4.74 Å². The van der Waals surface area contributed by atoms with E-state index < -0.39 is 5.97 Å². The number of halogens is 1. The first-order valence-electron chi connectivity index (χ1n) is 9.78. The van der Waals surface area contributed by atoms with Gasteiger partial charge in [0.15, 0.2) is 0 Å². The van der Waals surface area contributed by atoms with E-state index in [0.29, 0.717) is 13.0 Å². The third-order valence-corrected chi connectivity index (χ3v) is 5.34. The largest absolute Gasteiger partial charge is 0.493 e. The smallest absolute Gasteiger partial charge is 0.352 e. The fraction of sp³-hybridized carbons (Fsp3) is 0.208. The first-order chi connectivity index (χ1) is 14.1. The molecule has 3 aromatic carbocycles. The summed E-state index contributed by atoms with van der Waals surface area (Å²) in [6.45, 7) is 4.52. The van der Waals surface area contributed by atoms with E-state index in [0.717, 1.165) is 43.9 Å². The van der Waals surface area contributed by atoms with Crippen LogP contribution in [0, 0.1) is 0 Å². The Morgan fingerprint density at radius 3 is 2.48 bits per heavy atom. The Morgan fingerprint density at radius 1 is 1.00 bits per heavy atom. The van der Waals surface area contributed by atoms with Gasteiger partial charge >= 0.3 is 5.97 Å². The minimum Gasteiger partial charge on any atom is -0.493 e. The number of aromatic amines is 1. The number of carboxylic acids is 1. The number of carbonyl (C=O) groups is 1. The third-order valence-electron chi connectivity index (χ3n) is 4.68. The zero-order valence-electron chi connectivity index (χ0n) is 16.5. The number of rotatable bonds is 6. The molecule has 29 heavy (non-hydrogen) atoms. The molecular weight excluding hydrogens is 430 g/mol. The Morgan fingerprint density at radius 2 is 1.69 bits per heavy atom. The second-order valence-corrected chi connectivity index (χ2v) is 7.23. The average molecular weight is 454 g/mol. The summed E-state index contributed by atoms with van der Waals surface area (Å²) < 4.78 is 6.85. The van der Waals surface area contributed by atoms with Gasteiger partial charge in [-0.15, -0.1) is 0 Å². The number of hydrogen-bond donors (Lipinski definition) is 2. The molecule has 0 aliphatic carbocycles. The molecule has 0 spiro atoms. The van der Waals surface area contributed by atoms with Gasteiger partial charge < -0.3 is 14.8 Å². The SMILES string of the molecule is CC.O=C(O)c1[nH]c2c(Br)cccc2c1CCCOc1cccc2ccccc12. The number of H-pyrrole nitrogens is 1. The van der Waals surface area contributed by atoms with Crippen molar-refractivity contribution >= 4 is 43.6 Å². The lowest BCUT2D eigenvalue weighted by Crippen LogP contribution is -2.04. The van der Waals surface area contributed by atoms with E-state index in [1.165, 1.54) is 0 Å². The molecule has 0 saturated carbocycles. The molecule has 0 fully saturated rings. The summed E-state index contributed by atoms with van der Waals surface area (Å²) in [6, 6.07) is 19.9. The Kier molecular flexibility index (Phi) is 6.94. The van der Waals surface area contributed by atoms with Crippen molar-refractivity contribution in [1.29, 1.82) is 0 Å². The van der Waals surface area contributed by atoms with Crippen molar-refractivity contribution in [2.45, 2.75) is 26.7 Å². The Bertz CT molecular complexity index is 1130. The third kappa shape index (κ3) is 4.46. The van der Waals surface area contributed by atoms with Crippen LogP contribution in [0.15, 0.2) is 65.1 Å². The van der Waals surface area contributed by atoms with Crippen molar-refractivity contribution in [1.82, 2.24) is 4.98 Å². The lowest BCUT2D eigenvalue weighted by Gasteiger charge is -2.09. The summed E-state index contributed by atoms with van der Waals surface area (Å²) in [5.74, 6) is -0.0868. The maximum absolute atomic E-state index is 11.6. The van der Waals surface area contributed by atoms with E-state index in [9.17, 15) is 9.90 Å². The second-order valence-electron chi connectivity index (χ2n) is 6.38. The van der Waals surface area contributed by atoms with Crippen LogP contribution in [0.1, 0.15) is 36.3 Å². The summed E-state index contributed by atoms with van der Waals surface area (Å²) in [6.07, 6.45) is 1.35. The Hall–Kier alpha value is -2.79. The molecule has 1 aromatic heterocycles. The van der Waals surface area contributed by atoms with Gasteiger partial charge in [0.25, 0.3) is 0 Å². The maximum Gasteiger partial charge on any atom is 0.352 e. The lowest BCUT2D eigenvalue weighted by atomic mass is 10.1. The van der Waals surface area contributed by atoms with Gasteiger partial charge in [0, 0.05) is 15.2 Å². The molecule has 0 aliphatic rings. The molecule has 0 aliphatic heterocycles. The maximum atomic E-state index is 11.6. The summed E-state index contributed by atoms with van der Waals surface area (Å²) in [7, 11) is 0. The lowest BCUT2D eigenvalue weighted by molar-refractivity contribution is 0.0690. The normalized spacial score (nSPS) is 10.6. The summed E-state index contributed by atoms with van der Waals surface area (Å²) in [4.78, 5) is 14.7. The average Bonchev–Trinajstić information content (AvgIpc) is 3.13. The van der Waals surface area contributed by atoms with E-state index >= 15 is 0 Å². The number of benzene rings is 3. The fourth-order valence-electron chi connectivity index (χ4n) is 3.43. The van der Waals surface area contributed by atoms with E-state index in [2.05, 4.69) is 33.0 Å². The van der Waals surface area contributed by atoms with Gasteiger partial charge in [0.05, 0.1) is 12.1 Å². The van der Waals surface area contributed by atoms with Gasteiger partial charge in [-0.3, -0.25) is 0 Å². The van der Waals surface area contributed by atoms with Gasteiger partial charge in [-0.1, -0.05) is 62.4 Å². The molecule has 0 unspecified atom stereocenters. The molecule has 4 rings (SSSR count). The van der Waals surface area contributed by atoms with Crippen LogP contribution in [0.25, 0.3) is 21.7 Å². The van der Waals surface area contributed by atoms with Gasteiger partial charge in [0.1, 0.15) is 11.4 Å². The monoisotopic (exact) mass is 453 g/mol. The van der Waals surface area contributed by atoms with Crippen molar-refractivity contribution in [3.8, 4) is 5.75 Å². The molecule has 0 radical (unpaired) electrons. The highest BCUT2D eigenvalue weighted by Crippen LogP contribution is 2.30. The number of carboxylic acid groups (broad SMARTS) is 1. The van der Waals surface area contributed by atoms with Crippen LogP contribution >= 0.6 is 15.9 Å². The zero-order valence-corrected chi connectivity index (χ0v) is 18.1. The molecule has 4 nitrogen and oxygen atoms in total. The van der Waals surface area contributed by atoms with Crippen LogP contribution < -0.4 is 4.74 Å². The number of nitrogens with one attached hydrogen (secondary N) is 1. The van der Waals surface area contributed by atoms with Crippen LogP contribution in [-0.4, -0.2) is 22.7 Å². The molecular formula is C24H24BrNO3. The Balaban J connectivity index is 0.00000117. The van der Waals surface area contributed by atoms with Gasteiger partial charge in [-0.2, -0.15) is 0 Å². The van der Waals surface area contributed by atoms with Crippen molar-refractivity contribution in [3.63, 3.8) is 0 Å². The number of fused-ring (bicyclic) bond motifs is 2. The number of hydrogen-bond acceptors (Lipinski definition) is 2. The fourth-order valence-corrected chi connectivity index (χ4v) is 3.90. The zero-order chi connectivity index (χ0) is 20.8. The van der Waals surface area contributed by atoms with Crippen molar-refractivity contribution in [2.75, 3.05) is 6.61 Å². The molecule has 2 N–H and O–H groups in total. The van der Waals surface area contributed by atoms with Crippen molar-refractivity contribution in [2.24, 2.45) is 0 Å². The minimum absolute atomic E-state index is 0.252. The molecule has 0 amide bonds. The quantitative estimate of drug-likeness (QED) is 0.314. The van der Waals surface area contributed by atoms with Gasteiger partial charge in [-0.25, -0.2) is 4.79 Å². The topological polar surface area (TPSA) is 62.3 Å². The van der Waals surface area contributed by atoms with Gasteiger partial charge in [-0.05, 0) is 51.9 Å². The molecule has 0 saturated heterocycles. The molecule has 4 aromatic rings. The van der Waals surface area contributed by atoms with E-state index in [1.807, 2.05) is 62.4 Å². The predicted octanol–water partition coefficient (Wildman–Crippen LogP) is 6.82. The first-order valence-corrected chi connectivity index (χ1v) is 10.6. The van der Waals surface area contributed by atoms with Crippen molar-refractivity contribution in [3.05, 3.63) is 76.4 Å². The number of para-hydroxylation sites is 1. The molecule has 0 bridgehead atoms. The van der Waals surface area contributed by atoms with Crippen LogP contribution in [0.4, 0.5) is 0 Å². The number of aromatic carboxylic acids is 1. The summed E-state index contributed by atoms with van der Waals surface area (Å²) >= 11 is 3.48. The molecule has 1 heterocycles. The van der Waals surface area contributed by atoms with Gasteiger partial charge in [0.2, 0.25) is 0 Å². The molecule has 5 heteroatoms. The molecule has 150 valence electrons. The number of aromatic nitrogens is 1. The van der Waals surface area contributed by atoms with Crippen molar-refractivity contribution < 1.29 is 14.6 Å². The highest BCUT2D eigenvalue weighted by Gasteiger charge is 2.17. The highest BCUT2D eigenvalue weighted by atomic mass is 79.9. The number of ether oxygens (including phenoxy) is 1. The predicted molar refractivity (Wildman–Crippen MR) is 122 cm³/mol. The van der Waals surface area contributed by atoms with Crippen LogP contribution in [0.5, 0.6) is 5.75 Å². The number of aryl methyl sites for hydroxylation is 1. The summed E-state index contributed by atoms with van der Waals surface area (Å²) in [5.41, 5.74) is 1.89. The van der Waals surface area contributed by atoms with E-state index in [1.54, 1.807) is 0 Å². The van der Waals surface area contributed by atoms with E-state index in [-0.39, 0.29) is 5.69 Å². The highest BCUT2D eigenvalue weighted by molar-refractivity contribution is 9.10. The Labute approximate surface area is 178 Å². The van der Waals surface area contributed by atoms with Crippen LogP contribution in [-0.2, 0) is 6.42 Å². The summed E-state index contributed by atoms with van der Waals surface area (Å²) in [5, 5.41) is 12.7.